The third-order valence-electron chi connectivity index (χ3n) is 1.94. The average molecular weight is 305 g/mol. The number of benzene rings is 1. The molecule has 0 aromatic heterocycles. The number of carbonyl (C=O) groups is 3. The highest BCUT2D eigenvalue weighted by Crippen LogP contribution is 2.22. The highest BCUT2D eigenvalue weighted by Gasteiger charge is 2.10. The Bertz CT molecular complexity index is 499. The second-order valence-corrected chi connectivity index (χ2v) is 4.43. The Morgan fingerprint density at radius 2 is 1.63 bits per heavy atom. The van der Waals surface area contributed by atoms with Crippen molar-refractivity contribution in [2.75, 3.05) is 5.32 Å². The molecule has 0 spiro atoms. The van der Waals surface area contributed by atoms with Gasteiger partial charge < -0.3 is 10.4 Å². The van der Waals surface area contributed by atoms with Crippen molar-refractivity contribution in [3.63, 3.8) is 0 Å². The van der Waals surface area contributed by atoms with Crippen LogP contribution in [0.5, 0.6) is 0 Å². The summed E-state index contributed by atoms with van der Waals surface area (Å²) in [5.41, 5.74) is 0.320. The molecule has 3 N–H and O–H groups in total. The van der Waals surface area contributed by atoms with Crippen molar-refractivity contribution in [3.8, 4) is 0 Å². The van der Waals surface area contributed by atoms with E-state index in [0.29, 0.717) is 15.7 Å². The Morgan fingerprint density at radius 3 is 2.16 bits per heavy atom. The summed E-state index contributed by atoms with van der Waals surface area (Å²) >= 11 is 11.5. The third kappa shape index (κ3) is 6.08. The predicted molar refractivity (Wildman–Crippen MR) is 70.5 cm³/mol. The van der Waals surface area contributed by atoms with E-state index >= 15 is 0 Å². The fourth-order valence-electron chi connectivity index (χ4n) is 1.20. The molecule has 0 aliphatic heterocycles. The van der Waals surface area contributed by atoms with Gasteiger partial charge in [-0.1, -0.05) is 23.2 Å². The number of imide groups is 1. The summed E-state index contributed by atoms with van der Waals surface area (Å²) in [6, 6.07) is 3.61. The SMILES string of the molecule is O=C(O)CCC(=O)NC(=O)Nc1cc(Cl)cc(Cl)c1. The summed E-state index contributed by atoms with van der Waals surface area (Å²) < 4.78 is 0. The van der Waals surface area contributed by atoms with E-state index in [4.69, 9.17) is 28.3 Å². The molecular formula is C11H10Cl2N2O4. The van der Waals surface area contributed by atoms with Gasteiger partial charge in [0.15, 0.2) is 0 Å². The molecule has 1 aromatic rings. The van der Waals surface area contributed by atoms with Crippen molar-refractivity contribution in [1.82, 2.24) is 5.32 Å². The molecule has 0 bridgehead atoms. The van der Waals surface area contributed by atoms with Crippen LogP contribution in [0.25, 0.3) is 0 Å². The van der Waals surface area contributed by atoms with Crippen molar-refractivity contribution < 1.29 is 19.5 Å². The van der Waals surface area contributed by atoms with Gasteiger partial charge in [0.2, 0.25) is 5.91 Å². The first-order valence-electron chi connectivity index (χ1n) is 5.15. The first kappa shape index (κ1) is 15.3. The highest BCUT2D eigenvalue weighted by molar-refractivity contribution is 6.35. The number of anilines is 1. The quantitative estimate of drug-likeness (QED) is 0.796. The van der Waals surface area contributed by atoms with E-state index in [2.05, 4.69) is 5.32 Å². The maximum atomic E-state index is 11.4. The van der Waals surface area contributed by atoms with Gasteiger partial charge in [0, 0.05) is 22.2 Å². The first-order chi connectivity index (χ1) is 8.86. The minimum absolute atomic E-state index is 0.279. The number of carbonyl (C=O) groups excluding carboxylic acids is 2. The number of halogens is 2. The van der Waals surface area contributed by atoms with Crippen molar-refractivity contribution in [3.05, 3.63) is 28.2 Å². The number of carboxylic acid groups (broad SMARTS) is 1. The first-order valence-corrected chi connectivity index (χ1v) is 5.91. The second kappa shape index (κ2) is 6.96. The zero-order chi connectivity index (χ0) is 14.4. The molecule has 0 unspecified atom stereocenters. The Morgan fingerprint density at radius 1 is 1.05 bits per heavy atom. The lowest BCUT2D eigenvalue weighted by Crippen LogP contribution is -2.34. The number of aliphatic carboxylic acids is 1. The fourth-order valence-corrected chi connectivity index (χ4v) is 1.72. The Balaban J connectivity index is 2.51. The topological polar surface area (TPSA) is 95.5 Å². The molecule has 0 aliphatic carbocycles. The Kier molecular flexibility index (Phi) is 5.59. The maximum absolute atomic E-state index is 11.4. The molecule has 0 atom stereocenters. The summed E-state index contributed by atoms with van der Waals surface area (Å²) in [6.45, 7) is 0. The van der Waals surface area contributed by atoms with E-state index in [-0.39, 0.29) is 12.8 Å². The lowest BCUT2D eigenvalue weighted by atomic mass is 10.3. The van der Waals surface area contributed by atoms with Crippen LogP contribution in [0.2, 0.25) is 10.0 Å². The minimum Gasteiger partial charge on any atom is -0.481 e. The summed E-state index contributed by atoms with van der Waals surface area (Å²) in [6.07, 6.45) is -0.624. The minimum atomic E-state index is -1.11. The number of hydrogen-bond acceptors (Lipinski definition) is 3. The standard InChI is InChI=1S/C11H10Cl2N2O4/c12-6-3-7(13)5-8(4-6)14-11(19)15-9(16)1-2-10(17)18/h3-5H,1-2H2,(H,17,18)(H2,14,15,16,19). The summed E-state index contributed by atoms with van der Waals surface area (Å²) in [7, 11) is 0. The molecule has 0 saturated heterocycles. The van der Waals surface area contributed by atoms with Gasteiger partial charge in [-0.15, -0.1) is 0 Å². The smallest absolute Gasteiger partial charge is 0.325 e. The van der Waals surface area contributed by atoms with Gasteiger partial charge in [0.1, 0.15) is 0 Å². The molecular weight excluding hydrogens is 295 g/mol. The average Bonchev–Trinajstić information content (AvgIpc) is 2.24. The molecule has 102 valence electrons. The molecule has 19 heavy (non-hydrogen) atoms. The Labute approximate surface area is 118 Å². The van der Waals surface area contributed by atoms with Gasteiger partial charge in [0.25, 0.3) is 0 Å². The molecule has 1 rings (SSSR count). The Hall–Kier alpha value is -1.79. The number of urea groups is 1. The predicted octanol–water partition coefficient (Wildman–Crippen LogP) is 2.51. The van der Waals surface area contributed by atoms with Crippen molar-refractivity contribution in [1.29, 1.82) is 0 Å². The van der Waals surface area contributed by atoms with Gasteiger partial charge in [-0.3, -0.25) is 14.9 Å². The van der Waals surface area contributed by atoms with Crippen molar-refractivity contribution >= 4 is 46.8 Å². The van der Waals surface area contributed by atoms with Crippen LogP contribution >= 0.6 is 23.2 Å². The van der Waals surface area contributed by atoms with E-state index in [1.54, 1.807) is 0 Å². The number of carboxylic acids is 1. The van der Waals surface area contributed by atoms with E-state index in [1.807, 2.05) is 5.32 Å². The molecule has 0 fully saturated rings. The summed E-state index contributed by atoms with van der Waals surface area (Å²) in [5, 5.41) is 13.4. The number of rotatable bonds is 4. The van der Waals surface area contributed by atoms with E-state index in [9.17, 15) is 14.4 Å². The lowest BCUT2D eigenvalue weighted by molar-refractivity contribution is -0.138. The van der Waals surface area contributed by atoms with Crippen LogP contribution in [0.15, 0.2) is 18.2 Å². The zero-order valence-electron chi connectivity index (χ0n) is 9.57. The zero-order valence-corrected chi connectivity index (χ0v) is 11.1. The van der Waals surface area contributed by atoms with Crippen molar-refractivity contribution in [2.24, 2.45) is 0 Å². The van der Waals surface area contributed by atoms with Crippen molar-refractivity contribution in [2.45, 2.75) is 12.8 Å². The van der Waals surface area contributed by atoms with Crippen LogP contribution in [0.1, 0.15) is 12.8 Å². The molecule has 0 heterocycles. The molecule has 8 heteroatoms. The summed E-state index contributed by atoms with van der Waals surface area (Å²) in [4.78, 5) is 32.9. The molecule has 3 amide bonds. The third-order valence-corrected chi connectivity index (χ3v) is 2.38. The van der Waals surface area contributed by atoms with Crippen LogP contribution in [-0.4, -0.2) is 23.0 Å². The molecule has 0 aliphatic rings. The van der Waals surface area contributed by atoms with E-state index < -0.39 is 17.9 Å². The van der Waals surface area contributed by atoms with E-state index in [1.165, 1.54) is 18.2 Å². The number of hydrogen-bond donors (Lipinski definition) is 3. The molecule has 0 radical (unpaired) electrons. The number of nitrogens with one attached hydrogen (secondary N) is 2. The van der Waals surface area contributed by atoms with Gasteiger partial charge in [0.05, 0.1) is 6.42 Å². The maximum Gasteiger partial charge on any atom is 0.325 e. The van der Waals surface area contributed by atoms with Crippen LogP contribution in [0, 0.1) is 0 Å². The molecule has 1 aromatic carbocycles. The van der Waals surface area contributed by atoms with Crippen LogP contribution in [0.4, 0.5) is 10.5 Å². The molecule has 6 nitrogen and oxygen atoms in total. The largest absolute Gasteiger partial charge is 0.481 e. The normalized spacial score (nSPS) is 9.79. The van der Waals surface area contributed by atoms with Gasteiger partial charge >= 0.3 is 12.0 Å². The van der Waals surface area contributed by atoms with Gasteiger partial charge in [-0.25, -0.2) is 4.79 Å². The molecule has 0 saturated carbocycles. The monoisotopic (exact) mass is 304 g/mol. The van der Waals surface area contributed by atoms with Gasteiger partial charge in [-0.05, 0) is 18.2 Å². The van der Waals surface area contributed by atoms with Crippen LogP contribution < -0.4 is 10.6 Å². The lowest BCUT2D eigenvalue weighted by Gasteiger charge is -2.07. The van der Waals surface area contributed by atoms with Gasteiger partial charge in [-0.2, -0.15) is 0 Å². The number of amides is 3. The highest BCUT2D eigenvalue weighted by atomic mass is 35.5. The second-order valence-electron chi connectivity index (χ2n) is 3.55. The van der Waals surface area contributed by atoms with Crippen LogP contribution in [0.3, 0.4) is 0 Å². The van der Waals surface area contributed by atoms with Crippen LogP contribution in [-0.2, 0) is 9.59 Å². The van der Waals surface area contributed by atoms with E-state index in [0.717, 1.165) is 0 Å². The fraction of sp³-hybridized carbons (Fsp3) is 0.182. The summed E-state index contributed by atoms with van der Waals surface area (Å²) in [5.74, 6) is -1.80.